The molecule has 1 atom stereocenters. The molecule has 1 saturated carbocycles. The molecule has 1 unspecified atom stereocenters. The number of aromatic nitrogens is 2. The third kappa shape index (κ3) is 2.87. The van der Waals surface area contributed by atoms with Gasteiger partial charge in [-0.15, -0.1) is 0 Å². The van der Waals surface area contributed by atoms with Gasteiger partial charge in [0, 0.05) is 25.7 Å². The van der Waals surface area contributed by atoms with Crippen molar-refractivity contribution >= 4 is 0 Å². The van der Waals surface area contributed by atoms with E-state index in [-0.39, 0.29) is 0 Å². The van der Waals surface area contributed by atoms with Crippen molar-refractivity contribution in [1.29, 1.82) is 0 Å². The quantitative estimate of drug-likeness (QED) is 0.811. The summed E-state index contributed by atoms with van der Waals surface area (Å²) in [5, 5.41) is 4.49. The van der Waals surface area contributed by atoms with Crippen LogP contribution in [0.5, 0.6) is 0 Å². The molecule has 2 rings (SSSR count). The van der Waals surface area contributed by atoms with E-state index in [9.17, 15) is 0 Å². The lowest BCUT2D eigenvalue weighted by Crippen LogP contribution is -2.39. The van der Waals surface area contributed by atoms with E-state index in [1.165, 1.54) is 18.5 Å². The van der Waals surface area contributed by atoms with E-state index in [4.69, 9.17) is 5.73 Å². The maximum absolute atomic E-state index is 5.88. The summed E-state index contributed by atoms with van der Waals surface area (Å²) < 4.78 is 2.09. The zero-order chi connectivity index (χ0) is 12.4. The monoisotopic (exact) mass is 236 g/mol. The molecule has 1 aromatic rings. The Morgan fingerprint density at radius 1 is 1.59 bits per heavy atom. The van der Waals surface area contributed by atoms with Crippen LogP contribution >= 0.6 is 0 Å². The van der Waals surface area contributed by atoms with Gasteiger partial charge in [0.2, 0.25) is 0 Å². The summed E-state index contributed by atoms with van der Waals surface area (Å²) in [4.78, 5) is 2.39. The van der Waals surface area contributed by atoms with Crippen LogP contribution in [-0.4, -0.2) is 34.3 Å². The van der Waals surface area contributed by atoms with E-state index < -0.39 is 0 Å². The van der Waals surface area contributed by atoms with Crippen LogP contribution < -0.4 is 5.73 Å². The highest BCUT2D eigenvalue weighted by Crippen LogP contribution is 2.34. The number of rotatable bonds is 6. The zero-order valence-electron chi connectivity index (χ0n) is 11.2. The van der Waals surface area contributed by atoms with E-state index in [2.05, 4.69) is 41.6 Å². The van der Waals surface area contributed by atoms with Gasteiger partial charge in [0.15, 0.2) is 0 Å². The van der Waals surface area contributed by atoms with Crippen molar-refractivity contribution in [2.45, 2.75) is 45.8 Å². The minimum atomic E-state index is 0.538. The predicted molar refractivity (Wildman–Crippen MR) is 69.7 cm³/mol. The molecular weight excluding hydrogens is 212 g/mol. The molecular formula is C13H24N4. The fraction of sp³-hybridized carbons (Fsp3) is 0.769. The predicted octanol–water partition coefficient (Wildman–Crippen LogP) is 1.38. The third-order valence-electron chi connectivity index (χ3n) is 3.67. The van der Waals surface area contributed by atoms with Gasteiger partial charge in [-0.25, -0.2) is 0 Å². The normalized spacial score (nSPS) is 17.7. The van der Waals surface area contributed by atoms with Crippen molar-refractivity contribution in [3.63, 3.8) is 0 Å². The summed E-state index contributed by atoms with van der Waals surface area (Å²) in [5.74, 6) is 0.823. The minimum absolute atomic E-state index is 0.538. The molecule has 0 aromatic carbocycles. The first-order valence-corrected chi connectivity index (χ1v) is 6.59. The van der Waals surface area contributed by atoms with E-state index >= 15 is 0 Å². The molecule has 96 valence electrons. The second kappa shape index (κ2) is 5.19. The number of nitrogens with two attached hydrogens (primary N) is 1. The standard InChI is InChI=1S/C13H24N4/c1-4-17-12(7-10(2)15-17)9-16(3)13(8-14)11-5-6-11/h7,11,13H,4-6,8-9,14H2,1-3H3. The molecule has 0 aliphatic heterocycles. The van der Waals surface area contributed by atoms with Crippen LogP contribution in [0, 0.1) is 12.8 Å². The third-order valence-corrected chi connectivity index (χ3v) is 3.67. The molecule has 1 aliphatic rings. The lowest BCUT2D eigenvalue weighted by Gasteiger charge is -2.27. The molecule has 0 amide bonds. The second-order valence-electron chi connectivity index (χ2n) is 5.15. The van der Waals surface area contributed by atoms with Crippen LogP contribution in [0.15, 0.2) is 6.07 Å². The van der Waals surface area contributed by atoms with Gasteiger partial charge in [0.1, 0.15) is 0 Å². The number of hydrogen-bond acceptors (Lipinski definition) is 3. The van der Waals surface area contributed by atoms with Crippen molar-refractivity contribution in [2.24, 2.45) is 11.7 Å². The molecule has 4 nitrogen and oxygen atoms in total. The minimum Gasteiger partial charge on any atom is -0.329 e. The largest absolute Gasteiger partial charge is 0.329 e. The van der Waals surface area contributed by atoms with Gasteiger partial charge < -0.3 is 5.73 Å². The zero-order valence-corrected chi connectivity index (χ0v) is 11.2. The summed E-state index contributed by atoms with van der Waals surface area (Å²) in [7, 11) is 2.18. The van der Waals surface area contributed by atoms with Crippen molar-refractivity contribution in [3.8, 4) is 0 Å². The number of likely N-dealkylation sites (N-methyl/N-ethyl adjacent to an activating group) is 1. The fourth-order valence-corrected chi connectivity index (χ4v) is 2.59. The van der Waals surface area contributed by atoms with Crippen LogP contribution in [0.1, 0.15) is 31.2 Å². The molecule has 0 saturated heterocycles. The lowest BCUT2D eigenvalue weighted by atomic mass is 10.1. The lowest BCUT2D eigenvalue weighted by molar-refractivity contribution is 0.210. The van der Waals surface area contributed by atoms with Crippen molar-refractivity contribution in [1.82, 2.24) is 14.7 Å². The first-order chi connectivity index (χ1) is 8.15. The smallest absolute Gasteiger partial charge is 0.0597 e. The van der Waals surface area contributed by atoms with E-state index in [1.54, 1.807) is 0 Å². The van der Waals surface area contributed by atoms with E-state index in [0.29, 0.717) is 6.04 Å². The van der Waals surface area contributed by atoms with Gasteiger partial charge in [-0.05, 0) is 45.7 Å². The van der Waals surface area contributed by atoms with Gasteiger partial charge >= 0.3 is 0 Å². The molecule has 1 aromatic heterocycles. The number of hydrogen-bond donors (Lipinski definition) is 1. The Labute approximate surface area is 104 Å². The van der Waals surface area contributed by atoms with Crippen molar-refractivity contribution in [2.75, 3.05) is 13.6 Å². The topological polar surface area (TPSA) is 47.1 Å². The summed E-state index contributed by atoms with van der Waals surface area (Å²) in [5.41, 5.74) is 8.28. The summed E-state index contributed by atoms with van der Waals surface area (Å²) in [6.07, 6.45) is 2.69. The fourth-order valence-electron chi connectivity index (χ4n) is 2.59. The van der Waals surface area contributed by atoms with Crippen LogP contribution in [0.3, 0.4) is 0 Å². The van der Waals surface area contributed by atoms with Gasteiger partial charge in [0.05, 0.1) is 11.4 Å². The molecule has 4 heteroatoms. The Morgan fingerprint density at radius 2 is 2.29 bits per heavy atom. The van der Waals surface area contributed by atoms with E-state index in [1.807, 2.05) is 0 Å². The van der Waals surface area contributed by atoms with Gasteiger partial charge in [0.25, 0.3) is 0 Å². The highest BCUT2D eigenvalue weighted by Gasteiger charge is 2.32. The average Bonchev–Trinajstić information content (AvgIpc) is 3.04. The summed E-state index contributed by atoms with van der Waals surface area (Å²) >= 11 is 0. The molecule has 0 bridgehead atoms. The number of nitrogens with zero attached hydrogens (tertiary/aromatic N) is 3. The average molecular weight is 236 g/mol. The molecule has 1 aliphatic carbocycles. The molecule has 17 heavy (non-hydrogen) atoms. The van der Waals surface area contributed by atoms with Crippen LogP contribution in [0.4, 0.5) is 0 Å². The molecule has 2 N–H and O–H groups in total. The Kier molecular flexibility index (Phi) is 3.84. The van der Waals surface area contributed by atoms with Crippen LogP contribution in [0.25, 0.3) is 0 Å². The Bertz CT molecular complexity index is 367. The maximum Gasteiger partial charge on any atom is 0.0597 e. The van der Waals surface area contributed by atoms with Crippen molar-refractivity contribution in [3.05, 3.63) is 17.5 Å². The van der Waals surface area contributed by atoms with Crippen molar-refractivity contribution < 1.29 is 0 Å². The first kappa shape index (κ1) is 12.6. The highest BCUT2D eigenvalue weighted by atomic mass is 15.3. The number of aryl methyl sites for hydroxylation is 2. The molecule has 0 spiro atoms. The highest BCUT2D eigenvalue weighted by molar-refractivity contribution is 5.09. The summed E-state index contributed by atoms with van der Waals surface area (Å²) in [6, 6.07) is 2.72. The van der Waals surface area contributed by atoms with E-state index in [0.717, 1.165) is 31.2 Å². The molecule has 0 radical (unpaired) electrons. The first-order valence-electron chi connectivity index (χ1n) is 6.59. The molecule has 1 heterocycles. The maximum atomic E-state index is 5.88. The van der Waals surface area contributed by atoms with Crippen LogP contribution in [-0.2, 0) is 13.1 Å². The summed E-state index contributed by atoms with van der Waals surface area (Å²) in [6.45, 7) is 6.84. The van der Waals surface area contributed by atoms with Gasteiger partial charge in [-0.2, -0.15) is 5.10 Å². The Balaban J connectivity index is 2.03. The van der Waals surface area contributed by atoms with Gasteiger partial charge in [-0.3, -0.25) is 9.58 Å². The van der Waals surface area contributed by atoms with Crippen LogP contribution in [0.2, 0.25) is 0 Å². The Morgan fingerprint density at radius 3 is 2.82 bits per heavy atom. The Hall–Kier alpha value is -0.870. The molecule has 1 fully saturated rings. The van der Waals surface area contributed by atoms with Gasteiger partial charge in [-0.1, -0.05) is 0 Å². The SMILES string of the molecule is CCn1nc(C)cc1CN(C)C(CN)C1CC1. The second-order valence-corrected chi connectivity index (χ2v) is 5.15.